The summed E-state index contributed by atoms with van der Waals surface area (Å²) in [7, 11) is 0. The van der Waals surface area contributed by atoms with Crippen molar-refractivity contribution in [3.05, 3.63) is 94.3 Å². The topological polar surface area (TPSA) is 55.1 Å². The first kappa shape index (κ1) is 18.2. The Morgan fingerprint density at radius 1 is 0.897 bits per heavy atom. The fourth-order valence-electron chi connectivity index (χ4n) is 4.01. The van der Waals surface area contributed by atoms with Gasteiger partial charge in [0.25, 0.3) is 5.56 Å². The van der Waals surface area contributed by atoms with Crippen LogP contribution in [0.1, 0.15) is 22.8 Å². The minimum absolute atomic E-state index is 0.0401. The molecule has 144 valence electrons. The van der Waals surface area contributed by atoms with Crippen LogP contribution in [0.15, 0.2) is 82.7 Å². The number of fused-ring (bicyclic) bond motifs is 4. The van der Waals surface area contributed by atoms with E-state index in [1.807, 2.05) is 24.3 Å². The molecule has 5 rings (SSSR count). The summed E-state index contributed by atoms with van der Waals surface area (Å²) < 4.78 is 1.72. The number of aromatic nitrogens is 2. The molecule has 0 amide bonds. The van der Waals surface area contributed by atoms with E-state index in [1.54, 1.807) is 16.3 Å². The molecule has 1 aromatic heterocycles. The van der Waals surface area contributed by atoms with Gasteiger partial charge in [-0.15, -0.1) is 0 Å². The normalized spacial score (nSPS) is 12.9. The molecule has 0 fully saturated rings. The van der Waals surface area contributed by atoms with Crippen molar-refractivity contribution in [3.8, 4) is 11.1 Å². The number of thioether (sulfide) groups is 1. The van der Waals surface area contributed by atoms with Gasteiger partial charge < -0.3 is 5.11 Å². The highest BCUT2D eigenvalue weighted by Crippen LogP contribution is 2.51. The van der Waals surface area contributed by atoms with Gasteiger partial charge in [0.05, 0.1) is 16.2 Å². The van der Waals surface area contributed by atoms with Crippen molar-refractivity contribution in [3.63, 3.8) is 0 Å². The van der Waals surface area contributed by atoms with Crippen LogP contribution in [0.4, 0.5) is 0 Å². The number of hydrogen-bond donors (Lipinski definition) is 1. The molecule has 3 aromatic carbocycles. The Kier molecular flexibility index (Phi) is 4.70. The molecule has 0 saturated carbocycles. The minimum atomic E-state index is -0.0499. The summed E-state index contributed by atoms with van der Waals surface area (Å²) in [6.45, 7) is 0.490. The standard InChI is InChI=1S/C24H20N2O2S/c27-15-7-14-26-23(28)20-12-5-6-13-21(20)25-24(26)29-22-18-10-3-1-8-16(18)17-9-2-4-11-19(17)22/h1-6,8-13,22,27H,7,14-15H2. The van der Waals surface area contributed by atoms with Crippen molar-refractivity contribution in [1.82, 2.24) is 9.55 Å². The van der Waals surface area contributed by atoms with Crippen LogP contribution >= 0.6 is 11.8 Å². The summed E-state index contributed by atoms with van der Waals surface area (Å²) in [4.78, 5) is 18.0. The summed E-state index contributed by atoms with van der Waals surface area (Å²) in [6, 6.07) is 24.3. The van der Waals surface area contributed by atoms with E-state index in [4.69, 9.17) is 4.98 Å². The van der Waals surface area contributed by atoms with Gasteiger partial charge in [-0.3, -0.25) is 9.36 Å². The van der Waals surface area contributed by atoms with Crippen LogP contribution in [-0.2, 0) is 6.54 Å². The SMILES string of the molecule is O=c1c2ccccc2nc(SC2c3ccccc3-c3ccccc32)n1CCCO. The fourth-order valence-corrected chi connectivity index (χ4v) is 5.33. The maximum atomic E-state index is 13.1. The predicted octanol–water partition coefficient (Wildman–Crippen LogP) is 4.64. The predicted molar refractivity (Wildman–Crippen MR) is 117 cm³/mol. The smallest absolute Gasteiger partial charge is 0.262 e. The zero-order chi connectivity index (χ0) is 19.8. The molecule has 29 heavy (non-hydrogen) atoms. The Labute approximate surface area is 172 Å². The number of nitrogens with zero attached hydrogens (tertiary/aromatic N) is 2. The van der Waals surface area contributed by atoms with Gasteiger partial charge in [0.2, 0.25) is 0 Å². The molecular weight excluding hydrogens is 380 g/mol. The van der Waals surface area contributed by atoms with Gasteiger partial charge >= 0.3 is 0 Å². The van der Waals surface area contributed by atoms with Gasteiger partial charge in [0.1, 0.15) is 0 Å². The Balaban J connectivity index is 1.66. The van der Waals surface area contributed by atoms with Crippen molar-refractivity contribution < 1.29 is 5.11 Å². The van der Waals surface area contributed by atoms with Crippen LogP contribution in [0.2, 0.25) is 0 Å². The molecule has 5 heteroatoms. The first-order valence-electron chi connectivity index (χ1n) is 9.73. The lowest BCUT2D eigenvalue weighted by Gasteiger charge is -2.17. The van der Waals surface area contributed by atoms with Gasteiger partial charge in [-0.2, -0.15) is 0 Å². The maximum Gasteiger partial charge on any atom is 0.262 e. The molecular formula is C24H20N2O2S. The Morgan fingerprint density at radius 2 is 1.52 bits per heavy atom. The highest BCUT2D eigenvalue weighted by molar-refractivity contribution is 7.99. The van der Waals surface area contributed by atoms with Crippen molar-refractivity contribution in [2.24, 2.45) is 0 Å². The van der Waals surface area contributed by atoms with E-state index < -0.39 is 0 Å². The second-order valence-electron chi connectivity index (χ2n) is 7.12. The second-order valence-corrected chi connectivity index (χ2v) is 8.19. The molecule has 0 saturated heterocycles. The Bertz CT molecular complexity index is 1220. The summed E-state index contributed by atoms with van der Waals surface area (Å²) >= 11 is 1.61. The van der Waals surface area contributed by atoms with Gasteiger partial charge in [0.15, 0.2) is 5.16 Å². The average Bonchev–Trinajstić information content (AvgIpc) is 3.08. The fraction of sp³-hybridized carbons (Fsp3) is 0.167. The van der Waals surface area contributed by atoms with E-state index in [2.05, 4.69) is 48.5 Å². The van der Waals surface area contributed by atoms with E-state index in [0.29, 0.717) is 29.0 Å². The number of rotatable bonds is 5. The molecule has 1 aliphatic carbocycles. The van der Waals surface area contributed by atoms with E-state index in [9.17, 15) is 9.90 Å². The van der Waals surface area contributed by atoms with Gasteiger partial charge in [-0.05, 0) is 40.8 Å². The lowest BCUT2D eigenvalue weighted by atomic mass is 10.1. The zero-order valence-corrected chi connectivity index (χ0v) is 16.6. The van der Waals surface area contributed by atoms with E-state index >= 15 is 0 Å². The van der Waals surface area contributed by atoms with Gasteiger partial charge in [0, 0.05) is 13.2 Å². The lowest BCUT2D eigenvalue weighted by Crippen LogP contribution is -2.24. The highest BCUT2D eigenvalue weighted by atomic mass is 32.2. The van der Waals surface area contributed by atoms with Crippen LogP contribution in [0, 0.1) is 0 Å². The maximum absolute atomic E-state index is 13.1. The van der Waals surface area contributed by atoms with Gasteiger partial charge in [-0.1, -0.05) is 72.4 Å². The number of aliphatic hydroxyl groups is 1. The van der Waals surface area contributed by atoms with Crippen LogP contribution < -0.4 is 5.56 Å². The first-order valence-corrected chi connectivity index (χ1v) is 10.6. The van der Waals surface area contributed by atoms with Crippen molar-refractivity contribution in [1.29, 1.82) is 0 Å². The minimum Gasteiger partial charge on any atom is -0.396 e. The average molecular weight is 401 g/mol. The van der Waals surface area contributed by atoms with E-state index in [1.165, 1.54) is 22.3 Å². The third kappa shape index (κ3) is 3.07. The molecule has 1 aliphatic rings. The van der Waals surface area contributed by atoms with E-state index in [-0.39, 0.29) is 17.4 Å². The quantitative estimate of drug-likeness (QED) is 0.496. The Morgan fingerprint density at radius 3 is 2.21 bits per heavy atom. The molecule has 0 unspecified atom stereocenters. The zero-order valence-electron chi connectivity index (χ0n) is 15.8. The van der Waals surface area contributed by atoms with E-state index in [0.717, 1.165) is 0 Å². The summed E-state index contributed by atoms with van der Waals surface area (Å²) in [5.74, 6) is 0. The van der Waals surface area contributed by atoms with Crippen LogP contribution in [0.3, 0.4) is 0 Å². The molecule has 0 bridgehead atoms. The molecule has 4 nitrogen and oxygen atoms in total. The number of hydrogen-bond acceptors (Lipinski definition) is 4. The third-order valence-corrected chi connectivity index (χ3v) is 6.63. The van der Waals surface area contributed by atoms with Crippen LogP contribution in [0.25, 0.3) is 22.0 Å². The van der Waals surface area contributed by atoms with Crippen LogP contribution in [0.5, 0.6) is 0 Å². The third-order valence-electron chi connectivity index (χ3n) is 5.37. The highest BCUT2D eigenvalue weighted by Gasteiger charge is 2.30. The number of benzene rings is 3. The molecule has 0 spiro atoms. The monoisotopic (exact) mass is 400 g/mol. The molecule has 0 atom stereocenters. The summed E-state index contributed by atoms with van der Waals surface area (Å²) in [5, 5.41) is 10.7. The molecule has 4 aromatic rings. The lowest BCUT2D eigenvalue weighted by molar-refractivity contribution is 0.276. The van der Waals surface area contributed by atoms with Gasteiger partial charge in [-0.25, -0.2) is 4.98 Å². The molecule has 0 radical (unpaired) electrons. The molecule has 1 N–H and O–H groups in total. The largest absolute Gasteiger partial charge is 0.396 e. The summed E-state index contributed by atoms with van der Waals surface area (Å²) in [5.41, 5.74) is 5.63. The molecule has 0 aliphatic heterocycles. The summed E-state index contributed by atoms with van der Waals surface area (Å²) in [6.07, 6.45) is 0.519. The first-order chi connectivity index (χ1) is 14.3. The Hall–Kier alpha value is -2.89. The second kappa shape index (κ2) is 7.50. The molecule has 1 heterocycles. The van der Waals surface area contributed by atoms with Crippen molar-refractivity contribution >= 4 is 22.7 Å². The number of para-hydroxylation sites is 1. The van der Waals surface area contributed by atoms with Crippen molar-refractivity contribution in [2.45, 2.75) is 23.4 Å². The number of aliphatic hydroxyl groups excluding tert-OH is 1. The van der Waals surface area contributed by atoms with Crippen molar-refractivity contribution in [2.75, 3.05) is 6.61 Å². The van der Waals surface area contributed by atoms with Crippen LogP contribution in [-0.4, -0.2) is 21.3 Å².